The van der Waals surface area contributed by atoms with E-state index in [1.54, 1.807) is 19.1 Å². The highest BCUT2D eigenvalue weighted by atomic mass is 35.5. The number of likely N-dealkylation sites (N-methyl/N-ethyl adjacent to an activating group) is 1. The molecule has 0 fully saturated rings. The first-order chi connectivity index (χ1) is 14.4. The summed E-state index contributed by atoms with van der Waals surface area (Å²) in [6.07, 6.45) is 0. The molecule has 0 spiro atoms. The van der Waals surface area contributed by atoms with Crippen LogP contribution in [0.4, 0.5) is 5.13 Å². The molecule has 9 heteroatoms. The molecule has 0 unspecified atom stereocenters. The molecule has 7 nitrogen and oxygen atoms in total. The Kier molecular flexibility index (Phi) is 8.91. The normalized spacial score (nSPS) is 10.6. The van der Waals surface area contributed by atoms with Crippen LogP contribution in [0.2, 0.25) is 0 Å². The van der Waals surface area contributed by atoms with E-state index in [1.807, 2.05) is 62.3 Å². The molecule has 0 aliphatic carbocycles. The highest BCUT2D eigenvalue weighted by Gasteiger charge is 2.23. The fraction of sp³-hybridized carbons (Fsp3) is 0.364. The summed E-state index contributed by atoms with van der Waals surface area (Å²) in [6, 6.07) is 11.3. The Morgan fingerprint density at radius 1 is 1.00 bits per heavy atom. The number of carbonyl (C=O) groups is 1. The summed E-state index contributed by atoms with van der Waals surface area (Å²) in [5.41, 5.74) is 1.67. The summed E-state index contributed by atoms with van der Waals surface area (Å²) in [5.74, 6) is 1.89. The number of anilines is 1. The number of ether oxygens (including phenoxy) is 3. The van der Waals surface area contributed by atoms with E-state index in [1.165, 1.54) is 11.3 Å². The molecule has 0 aliphatic rings. The smallest absolute Gasteiger partial charge is 0.266 e. The lowest BCUT2D eigenvalue weighted by atomic mass is 10.2. The molecule has 0 atom stereocenters. The molecule has 0 saturated carbocycles. The zero-order valence-corrected chi connectivity index (χ0v) is 20.0. The van der Waals surface area contributed by atoms with Gasteiger partial charge in [-0.3, -0.25) is 9.69 Å². The van der Waals surface area contributed by atoms with Crippen molar-refractivity contribution >= 4 is 45.0 Å². The zero-order valence-electron chi connectivity index (χ0n) is 18.4. The van der Waals surface area contributed by atoms with E-state index < -0.39 is 0 Å². The van der Waals surface area contributed by atoms with Crippen LogP contribution in [0.3, 0.4) is 0 Å². The molecule has 0 aliphatic heterocycles. The van der Waals surface area contributed by atoms with Crippen LogP contribution in [0.15, 0.2) is 36.4 Å². The van der Waals surface area contributed by atoms with Crippen molar-refractivity contribution in [1.29, 1.82) is 0 Å². The number of para-hydroxylation sites is 1. The van der Waals surface area contributed by atoms with Gasteiger partial charge < -0.3 is 19.1 Å². The number of rotatable bonds is 9. The van der Waals surface area contributed by atoms with Crippen molar-refractivity contribution in [1.82, 2.24) is 9.88 Å². The van der Waals surface area contributed by atoms with Gasteiger partial charge in [0.25, 0.3) is 5.91 Å². The summed E-state index contributed by atoms with van der Waals surface area (Å²) < 4.78 is 17.6. The lowest BCUT2D eigenvalue weighted by Gasteiger charge is -2.22. The van der Waals surface area contributed by atoms with Crippen LogP contribution in [-0.4, -0.2) is 63.8 Å². The number of aromatic nitrogens is 1. The Labute approximate surface area is 192 Å². The van der Waals surface area contributed by atoms with Gasteiger partial charge in [-0.15, -0.1) is 12.4 Å². The number of aryl methyl sites for hydroxylation is 1. The molecule has 0 bridgehead atoms. The first-order valence-electron chi connectivity index (χ1n) is 9.59. The van der Waals surface area contributed by atoms with Crippen molar-refractivity contribution in [3.05, 3.63) is 42.0 Å². The largest absolute Gasteiger partial charge is 0.495 e. The zero-order chi connectivity index (χ0) is 21.7. The van der Waals surface area contributed by atoms with Crippen LogP contribution in [-0.2, 0) is 4.79 Å². The average molecular weight is 466 g/mol. The third-order valence-electron chi connectivity index (χ3n) is 4.65. The standard InChI is InChI=1S/C22H27N3O4S.ClH/c1-15-8-6-7-9-16(15)29-14-19(26)25(13-12-24(2)3)22-23-20-17(27-4)10-11-18(28-5)21(20)30-22;/h6-11H,12-14H2,1-5H3;1H. The Bertz CT molecular complexity index is 984. The van der Waals surface area contributed by atoms with Gasteiger partial charge in [-0.1, -0.05) is 29.5 Å². The molecular weight excluding hydrogens is 438 g/mol. The summed E-state index contributed by atoms with van der Waals surface area (Å²) >= 11 is 1.41. The van der Waals surface area contributed by atoms with Crippen LogP contribution >= 0.6 is 23.7 Å². The van der Waals surface area contributed by atoms with Gasteiger partial charge in [0.1, 0.15) is 27.5 Å². The third-order valence-corrected chi connectivity index (χ3v) is 5.74. The summed E-state index contributed by atoms with van der Waals surface area (Å²) in [5, 5.41) is 0.591. The fourth-order valence-electron chi connectivity index (χ4n) is 2.95. The number of thiazole rings is 1. The topological polar surface area (TPSA) is 64.1 Å². The number of methoxy groups -OCH3 is 2. The van der Waals surface area contributed by atoms with Gasteiger partial charge in [0.15, 0.2) is 11.7 Å². The maximum Gasteiger partial charge on any atom is 0.266 e. The van der Waals surface area contributed by atoms with Crippen molar-refractivity contribution in [3.63, 3.8) is 0 Å². The monoisotopic (exact) mass is 465 g/mol. The molecular formula is C22H28ClN3O4S. The molecule has 1 amide bonds. The molecule has 168 valence electrons. The van der Waals surface area contributed by atoms with Gasteiger partial charge in [0.2, 0.25) is 0 Å². The van der Waals surface area contributed by atoms with Crippen molar-refractivity contribution in [3.8, 4) is 17.2 Å². The second-order valence-electron chi connectivity index (χ2n) is 7.05. The molecule has 0 saturated heterocycles. The van der Waals surface area contributed by atoms with Crippen molar-refractivity contribution in [2.45, 2.75) is 6.92 Å². The first-order valence-corrected chi connectivity index (χ1v) is 10.4. The van der Waals surface area contributed by atoms with Crippen LogP contribution in [0.5, 0.6) is 17.2 Å². The second kappa shape index (κ2) is 11.2. The predicted molar refractivity (Wildman–Crippen MR) is 128 cm³/mol. The molecule has 1 aromatic heterocycles. The fourth-order valence-corrected chi connectivity index (χ4v) is 4.07. The molecule has 31 heavy (non-hydrogen) atoms. The minimum Gasteiger partial charge on any atom is -0.495 e. The van der Waals surface area contributed by atoms with Crippen LogP contribution in [0, 0.1) is 6.92 Å². The van der Waals surface area contributed by atoms with E-state index in [9.17, 15) is 4.79 Å². The molecule has 3 rings (SSSR count). The second-order valence-corrected chi connectivity index (χ2v) is 8.02. The number of carbonyl (C=O) groups excluding carboxylic acids is 1. The van der Waals surface area contributed by atoms with E-state index in [-0.39, 0.29) is 24.9 Å². The highest BCUT2D eigenvalue weighted by Crippen LogP contribution is 2.40. The van der Waals surface area contributed by atoms with E-state index in [0.29, 0.717) is 41.0 Å². The number of amides is 1. The molecule has 0 N–H and O–H groups in total. The average Bonchev–Trinajstić information content (AvgIpc) is 3.17. The van der Waals surface area contributed by atoms with Crippen LogP contribution in [0.1, 0.15) is 5.56 Å². The lowest BCUT2D eigenvalue weighted by molar-refractivity contribution is -0.120. The van der Waals surface area contributed by atoms with Gasteiger partial charge in [0.05, 0.1) is 14.2 Å². The number of halogens is 1. The summed E-state index contributed by atoms with van der Waals surface area (Å²) in [7, 11) is 7.16. The summed E-state index contributed by atoms with van der Waals surface area (Å²) in [4.78, 5) is 21.5. The van der Waals surface area contributed by atoms with Gasteiger partial charge in [-0.05, 0) is 44.8 Å². The van der Waals surface area contributed by atoms with E-state index in [0.717, 1.165) is 10.3 Å². The van der Waals surface area contributed by atoms with Gasteiger partial charge in [-0.2, -0.15) is 0 Å². The number of nitrogens with zero attached hydrogens (tertiary/aromatic N) is 3. The van der Waals surface area contributed by atoms with Gasteiger partial charge in [0, 0.05) is 13.1 Å². The van der Waals surface area contributed by atoms with E-state index in [4.69, 9.17) is 19.2 Å². The maximum absolute atomic E-state index is 13.1. The summed E-state index contributed by atoms with van der Waals surface area (Å²) in [6.45, 7) is 3.08. The number of benzene rings is 2. The number of hydrogen-bond donors (Lipinski definition) is 0. The Balaban J connectivity index is 0.00000341. The van der Waals surface area contributed by atoms with Crippen LogP contribution < -0.4 is 19.1 Å². The highest BCUT2D eigenvalue weighted by molar-refractivity contribution is 7.22. The van der Waals surface area contributed by atoms with Crippen molar-refractivity contribution < 1.29 is 19.0 Å². The molecule has 2 aromatic carbocycles. The molecule has 1 heterocycles. The SMILES string of the molecule is COc1ccc(OC)c2sc(N(CCN(C)C)C(=O)COc3ccccc3C)nc12.Cl. The minimum absolute atomic E-state index is 0. The van der Waals surface area contributed by atoms with E-state index >= 15 is 0 Å². The first kappa shape index (κ1) is 24.7. The van der Waals surface area contributed by atoms with Crippen LogP contribution in [0.25, 0.3) is 10.2 Å². The van der Waals surface area contributed by atoms with Crippen molar-refractivity contribution in [2.24, 2.45) is 0 Å². The Hall–Kier alpha value is -2.55. The predicted octanol–water partition coefficient (Wildman–Crippen LogP) is 4.02. The minimum atomic E-state index is -0.155. The molecule has 0 radical (unpaired) electrons. The van der Waals surface area contributed by atoms with Gasteiger partial charge in [-0.25, -0.2) is 4.98 Å². The Morgan fingerprint density at radius 3 is 2.32 bits per heavy atom. The maximum atomic E-state index is 13.1. The van der Waals surface area contributed by atoms with Gasteiger partial charge >= 0.3 is 0 Å². The number of fused-ring (bicyclic) bond motifs is 1. The molecule has 3 aromatic rings. The number of hydrogen-bond acceptors (Lipinski definition) is 7. The lowest BCUT2D eigenvalue weighted by Crippen LogP contribution is -2.39. The van der Waals surface area contributed by atoms with E-state index in [2.05, 4.69) is 0 Å². The third kappa shape index (κ3) is 5.78. The Morgan fingerprint density at radius 2 is 1.68 bits per heavy atom. The van der Waals surface area contributed by atoms with Crippen molar-refractivity contribution in [2.75, 3.05) is 52.9 Å². The quantitative estimate of drug-likeness (QED) is 0.475.